The first-order valence-electron chi connectivity index (χ1n) is 9.72. The number of rotatable bonds is 7. The Balaban J connectivity index is 1.49. The van der Waals surface area contributed by atoms with Gasteiger partial charge in [-0.05, 0) is 36.4 Å². The average molecular weight is 435 g/mol. The van der Waals surface area contributed by atoms with E-state index in [-0.39, 0.29) is 5.69 Å². The van der Waals surface area contributed by atoms with Crippen molar-refractivity contribution in [3.8, 4) is 17.2 Å². The number of anilines is 1. The molecule has 32 heavy (non-hydrogen) atoms. The number of hydrogen-bond donors (Lipinski definition) is 1. The van der Waals surface area contributed by atoms with E-state index in [4.69, 9.17) is 9.47 Å². The normalized spacial score (nSPS) is 10.6. The highest BCUT2D eigenvalue weighted by atomic mass is 19.1. The summed E-state index contributed by atoms with van der Waals surface area (Å²) in [4.78, 5) is 12.4. The number of nitrogens with zero attached hydrogens (tertiary/aromatic N) is 2. The van der Waals surface area contributed by atoms with Crippen LogP contribution in [0.4, 0.5) is 14.5 Å². The van der Waals surface area contributed by atoms with Crippen LogP contribution in [0.15, 0.2) is 79.0 Å². The summed E-state index contributed by atoms with van der Waals surface area (Å²) in [5.74, 6) is -0.523. The standard InChI is InChI=1S/C24H19F2N3O3/c1-31-17-7-4-8-18(14-17)32-22-11-3-2-6-16(22)15-29-13-12-21(28-29)24(30)27-23-19(25)9-5-10-20(23)26/h2-14H,15H2,1H3,(H,27,30). The lowest BCUT2D eigenvalue weighted by Crippen LogP contribution is -2.15. The number of ether oxygens (including phenoxy) is 2. The Bertz CT molecular complexity index is 1240. The van der Waals surface area contributed by atoms with Gasteiger partial charge in [0.15, 0.2) is 5.69 Å². The predicted molar refractivity (Wildman–Crippen MR) is 115 cm³/mol. The van der Waals surface area contributed by atoms with Crippen molar-refractivity contribution in [1.29, 1.82) is 0 Å². The quantitative estimate of drug-likeness (QED) is 0.430. The zero-order valence-electron chi connectivity index (χ0n) is 17.1. The summed E-state index contributed by atoms with van der Waals surface area (Å²) in [5, 5.41) is 6.45. The zero-order valence-corrected chi connectivity index (χ0v) is 17.1. The Kier molecular flexibility index (Phi) is 6.12. The van der Waals surface area contributed by atoms with E-state index in [1.165, 1.54) is 12.1 Å². The number of amides is 1. The number of aromatic nitrogens is 2. The van der Waals surface area contributed by atoms with Gasteiger partial charge in [0.25, 0.3) is 5.91 Å². The van der Waals surface area contributed by atoms with Crippen LogP contribution < -0.4 is 14.8 Å². The highest BCUT2D eigenvalue weighted by Crippen LogP contribution is 2.28. The van der Waals surface area contributed by atoms with Gasteiger partial charge < -0.3 is 14.8 Å². The van der Waals surface area contributed by atoms with Crippen molar-refractivity contribution in [3.63, 3.8) is 0 Å². The number of hydrogen-bond acceptors (Lipinski definition) is 4. The predicted octanol–water partition coefficient (Wildman–Crippen LogP) is 5.26. The van der Waals surface area contributed by atoms with Crippen molar-refractivity contribution in [2.24, 2.45) is 0 Å². The van der Waals surface area contributed by atoms with Crippen molar-refractivity contribution in [2.75, 3.05) is 12.4 Å². The van der Waals surface area contributed by atoms with E-state index in [2.05, 4.69) is 10.4 Å². The number of para-hydroxylation sites is 2. The molecule has 0 unspecified atom stereocenters. The molecule has 0 aliphatic heterocycles. The molecule has 1 amide bonds. The molecule has 6 nitrogen and oxygen atoms in total. The Hall–Kier alpha value is -4.20. The summed E-state index contributed by atoms with van der Waals surface area (Å²) in [6.07, 6.45) is 1.61. The number of carbonyl (C=O) groups is 1. The minimum Gasteiger partial charge on any atom is -0.497 e. The molecule has 0 radical (unpaired) electrons. The van der Waals surface area contributed by atoms with Gasteiger partial charge in [-0.1, -0.05) is 30.3 Å². The van der Waals surface area contributed by atoms with E-state index in [0.717, 1.165) is 17.7 Å². The van der Waals surface area contributed by atoms with Gasteiger partial charge in [-0.2, -0.15) is 5.10 Å². The van der Waals surface area contributed by atoms with Crippen LogP contribution in [0.1, 0.15) is 16.1 Å². The Labute approximate surface area is 183 Å². The molecule has 1 aromatic heterocycles. The summed E-state index contributed by atoms with van der Waals surface area (Å²) in [6, 6.07) is 19.5. The van der Waals surface area contributed by atoms with Crippen LogP contribution in [0.25, 0.3) is 0 Å². The average Bonchev–Trinajstić information content (AvgIpc) is 3.26. The van der Waals surface area contributed by atoms with Crippen LogP contribution >= 0.6 is 0 Å². The second-order valence-corrected chi connectivity index (χ2v) is 6.84. The molecule has 0 saturated heterocycles. The molecule has 4 aromatic rings. The number of benzene rings is 3. The van der Waals surface area contributed by atoms with Gasteiger partial charge >= 0.3 is 0 Å². The topological polar surface area (TPSA) is 65.4 Å². The molecule has 0 saturated carbocycles. The monoisotopic (exact) mass is 435 g/mol. The summed E-state index contributed by atoms with van der Waals surface area (Å²) in [5.41, 5.74) is 0.341. The van der Waals surface area contributed by atoms with E-state index in [1.807, 2.05) is 42.5 Å². The van der Waals surface area contributed by atoms with Gasteiger partial charge in [0, 0.05) is 17.8 Å². The third kappa shape index (κ3) is 4.75. The van der Waals surface area contributed by atoms with Gasteiger partial charge in [0.05, 0.1) is 13.7 Å². The van der Waals surface area contributed by atoms with E-state index >= 15 is 0 Å². The van der Waals surface area contributed by atoms with Gasteiger partial charge in [-0.25, -0.2) is 8.78 Å². The molecule has 162 valence electrons. The maximum Gasteiger partial charge on any atom is 0.276 e. The number of halogens is 2. The largest absolute Gasteiger partial charge is 0.497 e. The molecular weight excluding hydrogens is 416 g/mol. The van der Waals surface area contributed by atoms with Crippen molar-refractivity contribution in [2.45, 2.75) is 6.54 Å². The molecule has 0 atom stereocenters. The lowest BCUT2D eigenvalue weighted by Gasteiger charge is -2.12. The molecule has 1 heterocycles. The van der Waals surface area contributed by atoms with Crippen molar-refractivity contribution in [1.82, 2.24) is 9.78 Å². The lowest BCUT2D eigenvalue weighted by atomic mass is 10.2. The number of carbonyl (C=O) groups excluding carboxylic acids is 1. The van der Waals surface area contributed by atoms with Gasteiger partial charge in [-0.3, -0.25) is 9.48 Å². The first-order chi connectivity index (χ1) is 15.5. The number of methoxy groups -OCH3 is 1. The molecule has 0 spiro atoms. The molecule has 8 heteroatoms. The summed E-state index contributed by atoms with van der Waals surface area (Å²) in [6.45, 7) is 0.321. The fraction of sp³-hybridized carbons (Fsp3) is 0.0833. The first kappa shape index (κ1) is 21.0. The Morgan fingerprint density at radius 2 is 1.69 bits per heavy atom. The maximum atomic E-state index is 13.8. The first-order valence-corrected chi connectivity index (χ1v) is 9.72. The highest BCUT2D eigenvalue weighted by molar-refractivity contribution is 6.02. The van der Waals surface area contributed by atoms with E-state index in [9.17, 15) is 13.6 Å². The third-order valence-electron chi connectivity index (χ3n) is 4.65. The third-order valence-corrected chi connectivity index (χ3v) is 4.65. The molecule has 0 aliphatic rings. The molecular formula is C24H19F2N3O3. The summed E-state index contributed by atoms with van der Waals surface area (Å²) >= 11 is 0. The van der Waals surface area contributed by atoms with Crippen molar-refractivity contribution >= 4 is 11.6 Å². The zero-order chi connectivity index (χ0) is 22.5. The molecule has 4 rings (SSSR count). The maximum absolute atomic E-state index is 13.8. The number of nitrogens with one attached hydrogen (secondary N) is 1. The fourth-order valence-electron chi connectivity index (χ4n) is 3.07. The highest BCUT2D eigenvalue weighted by Gasteiger charge is 2.16. The van der Waals surface area contributed by atoms with Gasteiger partial charge in [0.1, 0.15) is 34.6 Å². The fourth-order valence-corrected chi connectivity index (χ4v) is 3.07. The van der Waals surface area contributed by atoms with Crippen LogP contribution in [0.3, 0.4) is 0 Å². The van der Waals surface area contributed by atoms with E-state index in [0.29, 0.717) is 23.8 Å². The minimum atomic E-state index is -0.860. The van der Waals surface area contributed by atoms with Crippen LogP contribution in [-0.2, 0) is 6.54 Å². The van der Waals surface area contributed by atoms with E-state index in [1.54, 1.807) is 24.1 Å². The molecule has 1 N–H and O–H groups in total. The lowest BCUT2D eigenvalue weighted by molar-refractivity contribution is 0.102. The molecule has 0 bridgehead atoms. The SMILES string of the molecule is COc1cccc(Oc2ccccc2Cn2ccc(C(=O)Nc3c(F)cccc3F)n2)c1. The second kappa shape index (κ2) is 9.30. The Morgan fingerprint density at radius 3 is 2.47 bits per heavy atom. The second-order valence-electron chi connectivity index (χ2n) is 6.84. The van der Waals surface area contributed by atoms with E-state index < -0.39 is 23.2 Å². The molecule has 3 aromatic carbocycles. The molecule has 0 fully saturated rings. The summed E-state index contributed by atoms with van der Waals surface area (Å²) in [7, 11) is 1.58. The minimum absolute atomic E-state index is 0.0267. The van der Waals surface area contributed by atoms with Crippen LogP contribution in [0.5, 0.6) is 17.2 Å². The summed E-state index contributed by atoms with van der Waals surface area (Å²) < 4.78 is 40.3. The Morgan fingerprint density at radius 1 is 0.969 bits per heavy atom. The van der Waals surface area contributed by atoms with Crippen molar-refractivity contribution < 1.29 is 23.0 Å². The van der Waals surface area contributed by atoms with Crippen LogP contribution in [0, 0.1) is 11.6 Å². The molecule has 0 aliphatic carbocycles. The van der Waals surface area contributed by atoms with Crippen LogP contribution in [-0.4, -0.2) is 22.8 Å². The van der Waals surface area contributed by atoms with Crippen molar-refractivity contribution in [3.05, 3.63) is 102 Å². The van der Waals surface area contributed by atoms with Crippen LogP contribution in [0.2, 0.25) is 0 Å². The smallest absolute Gasteiger partial charge is 0.276 e. The van der Waals surface area contributed by atoms with Gasteiger partial charge in [-0.15, -0.1) is 0 Å². The van der Waals surface area contributed by atoms with Gasteiger partial charge in [0.2, 0.25) is 0 Å².